The fourth-order valence-electron chi connectivity index (χ4n) is 2.35. The van der Waals surface area contributed by atoms with E-state index in [1.807, 2.05) is 6.07 Å². The Morgan fingerprint density at radius 2 is 2.05 bits per heavy atom. The van der Waals surface area contributed by atoms with Gasteiger partial charge in [-0.05, 0) is 47.6 Å². The van der Waals surface area contributed by atoms with Crippen molar-refractivity contribution in [3.8, 4) is 0 Å². The van der Waals surface area contributed by atoms with Crippen molar-refractivity contribution in [1.29, 1.82) is 0 Å². The number of carbonyl (C=O) groups is 1. The van der Waals surface area contributed by atoms with Crippen LogP contribution in [0.4, 0.5) is 5.69 Å². The average molecular weight is 357 g/mol. The third kappa shape index (κ3) is 3.96. The van der Waals surface area contributed by atoms with E-state index in [1.165, 1.54) is 0 Å². The number of hydrogen-bond acceptors (Lipinski definition) is 5. The van der Waals surface area contributed by atoms with Crippen LogP contribution >= 0.6 is 15.9 Å². The van der Waals surface area contributed by atoms with Crippen LogP contribution in [-0.4, -0.2) is 55.8 Å². The number of likely N-dealkylation sites (N-methyl/N-ethyl adjacent to an activating group) is 1. The molecule has 1 aromatic rings. The fraction of sp³-hybridized carbons (Fsp3) is 0.533. The molecule has 0 aromatic heterocycles. The first-order chi connectivity index (χ1) is 10.0. The summed E-state index contributed by atoms with van der Waals surface area (Å²) in [5, 5.41) is 9.96. The highest BCUT2D eigenvalue weighted by molar-refractivity contribution is 9.10. The van der Waals surface area contributed by atoms with Gasteiger partial charge in [-0.2, -0.15) is 0 Å². The van der Waals surface area contributed by atoms with Crippen LogP contribution in [0.2, 0.25) is 0 Å². The molecular weight excluding hydrogens is 336 g/mol. The third-order valence-corrected chi connectivity index (χ3v) is 4.28. The number of aliphatic hydroxyl groups excluding tert-OH is 1. The standard InChI is InChI=1S/C15H21BrN2O3/c1-3-21-15(20)14(19)11-4-5-13(12(16)10-11)18-8-6-17(2)7-9-18/h4-5,10,14,19H,3,6-9H2,1-2H3. The van der Waals surface area contributed by atoms with Gasteiger partial charge in [-0.25, -0.2) is 4.79 Å². The number of rotatable bonds is 4. The predicted molar refractivity (Wildman–Crippen MR) is 85.4 cm³/mol. The lowest BCUT2D eigenvalue weighted by Gasteiger charge is -2.34. The smallest absolute Gasteiger partial charge is 0.339 e. The van der Waals surface area contributed by atoms with Crippen LogP contribution in [0.3, 0.4) is 0 Å². The van der Waals surface area contributed by atoms with E-state index in [0.717, 1.165) is 36.3 Å². The van der Waals surface area contributed by atoms with Crippen LogP contribution in [0, 0.1) is 0 Å². The maximum atomic E-state index is 11.6. The second-order valence-electron chi connectivity index (χ2n) is 5.16. The molecule has 1 fully saturated rings. The van der Waals surface area contributed by atoms with Crippen LogP contribution in [0.5, 0.6) is 0 Å². The minimum Gasteiger partial charge on any atom is -0.464 e. The minimum absolute atomic E-state index is 0.260. The summed E-state index contributed by atoms with van der Waals surface area (Å²) in [7, 11) is 2.12. The lowest BCUT2D eigenvalue weighted by atomic mass is 10.1. The molecule has 21 heavy (non-hydrogen) atoms. The molecule has 5 nitrogen and oxygen atoms in total. The van der Waals surface area contributed by atoms with Crippen LogP contribution < -0.4 is 4.90 Å². The van der Waals surface area contributed by atoms with Crippen molar-refractivity contribution in [1.82, 2.24) is 4.90 Å². The molecule has 1 saturated heterocycles. The number of ether oxygens (including phenoxy) is 1. The van der Waals surface area contributed by atoms with Gasteiger partial charge in [0.2, 0.25) is 0 Å². The summed E-state index contributed by atoms with van der Waals surface area (Å²) >= 11 is 3.54. The number of nitrogens with zero attached hydrogens (tertiary/aromatic N) is 2. The molecule has 116 valence electrons. The maximum absolute atomic E-state index is 11.6. The number of hydrogen-bond donors (Lipinski definition) is 1. The number of esters is 1. The SMILES string of the molecule is CCOC(=O)C(O)c1ccc(N2CCN(C)CC2)c(Br)c1. The van der Waals surface area contributed by atoms with Gasteiger partial charge in [0.1, 0.15) is 0 Å². The number of anilines is 1. The second-order valence-corrected chi connectivity index (χ2v) is 6.01. The lowest BCUT2D eigenvalue weighted by Crippen LogP contribution is -2.44. The van der Waals surface area contributed by atoms with Crippen molar-refractivity contribution in [2.45, 2.75) is 13.0 Å². The monoisotopic (exact) mass is 356 g/mol. The van der Waals surface area contributed by atoms with Crippen LogP contribution in [-0.2, 0) is 9.53 Å². The fourth-order valence-corrected chi connectivity index (χ4v) is 3.00. The van der Waals surface area contributed by atoms with Gasteiger partial charge in [-0.15, -0.1) is 0 Å². The van der Waals surface area contributed by atoms with Gasteiger partial charge in [-0.3, -0.25) is 0 Å². The summed E-state index contributed by atoms with van der Waals surface area (Å²) < 4.78 is 5.72. The molecule has 0 bridgehead atoms. The van der Waals surface area contributed by atoms with E-state index in [0.29, 0.717) is 5.56 Å². The van der Waals surface area contributed by atoms with Crippen molar-refractivity contribution in [2.75, 3.05) is 44.7 Å². The average Bonchev–Trinajstić information content (AvgIpc) is 2.48. The molecule has 0 spiro atoms. The molecule has 0 amide bonds. The first-order valence-corrected chi connectivity index (χ1v) is 7.90. The molecule has 1 unspecified atom stereocenters. The van der Waals surface area contributed by atoms with E-state index in [4.69, 9.17) is 4.74 Å². The van der Waals surface area contributed by atoms with Gasteiger partial charge in [0.05, 0.1) is 12.3 Å². The lowest BCUT2D eigenvalue weighted by molar-refractivity contribution is -0.153. The van der Waals surface area contributed by atoms with Crippen molar-refractivity contribution in [3.63, 3.8) is 0 Å². The normalized spacial score (nSPS) is 17.6. The van der Waals surface area contributed by atoms with Gasteiger partial charge in [-0.1, -0.05) is 6.07 Å². The van der Waals surface area contributed by atoms with Crippen molar-refractivity contribution in [3.05, 3.63) is 28.2 Å². The first kappa shape index (κ1) is 16.3. The van der Waals surface area contributed by atoms with Crippen LogP contribution in [0.1, 0.15) is 18.6 Å². The van der Waals surface area contributed by atoms with Crippen LogP contribution in [0.15, 0.2) is 22.7 Å². The van der Waals surface area contributed by atoms with E-state index < -0.39 is 12.1 Å². The number of halogens is 1. The zero-order valence-electron chi connectivity index (χ0n) is 12.4. The van der Waals surface area contributed by atoms with E-state index in [1.54, 1.807) is 19.1 Å². The zero-order valence-corrected chi connectivity index (χ0v) is 14.0. The summed E-state index contributed by atoms with van der Waals surface area (Å²) in [4.78, 5) is 16.2. The van der Waals surface area contributed by atoms with Crippen molar-refractivity contribution in [2.24, 2.45) is 0 Å². The Hall–Kier alpha value is -1.11. The molecule has 2 rings (SSSR count). The van der Waals surface area contributed by atoms with E-state index >= 15 is 0 Å². The Kier molecular flexibility index (Phi) is 5.61. The molecule has 6 heteroatoms. The van der Waals surface area contributed by atoms with Crippen molar-refractivity contribution >= 4 is 27.6 Å². The molecule has 0 saturated carbocycles. The van der Waals surface area contributed by atoms with Gasteiger partial charge < -0.3 is 19.6 Å². The Balaban J connectivity index is 2.12. The highest BCUT2D eigenvalue weighted by Gasteiger charge is 2.21. The largest absolute Gasteiger partial charge is 0.464 e. The third-order valence-electron chi connectivity index (χ3n) is 3.64. The van der Waals surface area contributed by atoms with Gasteiger partial charge >= 0.3 is 5.97 Å². The van der Waals surface area contributed by atoms with Gasteiger partial charge in [0.15, 0.2) is 6.10 Å². The number of carbonyl (C=O) groups excluding carboxylic acids is 1. The zero-order chi connectivity index (χ0) is 15.4. The summed E-state index contributed by atoms with van der Waals surface area (Å²) in [6.07, 6.45) is -1.23. The Bertz CT molecular complexity index is 502. The minimum atomic E-state index is -1.23. The van der Waals surface area contributed by atoms with Gasteiger partial charge in [0, 0.05) is 30.7 Å². The van der Waals surface area contributed by atoms with Crippen molar-refractivity contribution < 1.29 is 14.6 Å². The molecule has 1 heterocycles. The summed E-state index contributed by atoms with van der Waals surface area (Å²) in [5.74, 6) is -0.614. The summed E-state index contributed by atoms with van der Waals surface area (Å²) in [5.41, 5.74) is 1.63. The number of aliphatic hydroxyl groups is 1. The van der Waals surface area contributed by atoms with E-state index in [2.05, 4.69) is 32.8 Å². The molecule has 0 radical (unpaired) electrons. The first-order valence-electron chi connectivity index (χ1n) is 7.10. The second kappa shape index (κ2) is 7.24. The summed E-state index contributed by atoms with van der Waals surface area (Å²) in [6.45, 7) is 5.97. The molecule has 1 aliphatic rings. The molecular formula is C15H21BrN2O3. The highest BCUT2D eigenvalue weighted by atomic mass is 79.9. The van der Waals surface area contributed by atoms with E-state index in [-0.39, 0.29) is 6.61 Å². The molecule has 1 aromatic carbocycles. The maximum Gasteiger partial charge on any atom is 0.339 e. The predicted octanol–water partition coefficient (Wildman–Crippen LogP) is 1.80. The molecule has 1 aliphatic heterocycles. The Labute approximate surface area is 133 Å². The topological polar surface area (TPSA) is 53.0 Å². The summed E-state index contributed by atoms with van der Waals surface area (Å²) in [6, 6.07) is 5.50. The Morgan fingerprint density at radius 1 is 1.38 bits per heavy atom. The number of piperazine rings is 1. The number of benzene rings is 1. The molecule has 1 atom stereocenters. The quantitative estimate of drug-likeness (QED) is 0.833. The van der Waals surface area contributed by atoms with Gasteiger partial charge in [0.25, 0.3) is 0 Å². The van der Waals surface area contributed by atoms with E-state index in [9.17, 15) is 9.90 Å². The highest BCUT2D eigenvalue weighted by Crippen LogP contribution is 2.30. The molecule has 0 aliphatic carbocycles. The Morgan fingerprint density at radius 3 is 2.62 bits per heavy atom. The van der Waals surface area contributed by atoms with Crippen LogP contribution in [0.25, 0.3) is 0 Å². The molecule has 1 N–H and O–H groups in total.